The average Bonchev–Trinajstić information content (AvgIpc) is 2.51. The summed E-state index contributed by atoms with van der Waals surface area (Å²) < 4.78 is 11.4. The van der Waals surface area contributed by atoms with Crippen molar-refractivity contribution in [2.24, 2.45) is 0 Å². The standard InChI is InChI=1S/C9H17NO2.C2H6/c1-6-4-8-9(7(2)12-6)10(3)5-11-8;1-2/h6-9H,4-5H2,1-3H3;1-2H3. The highest BCUT2D eigenvalue weighted by Crippen LogP contribution is 2.29. The fraction of sp³-hybridized carbons (Fsp3) is 1.00. The van der Waals surface area contributed by atoms with E-state index in [9.17, 15) is 0 Å². The number of rotatable bonds is 0. The van der Waals surface area contributed by atoms with Gasteiger partial charge in [0.15, 0.2) is 0 Å². The van der Waals surface area contributed by atoms with Gasteiger partial charge < -0.3 is 9.47 Å². The maximum Gasteiger partial charge on any atom is 0.0996 e. The summed E-state index contributed by atoms with van der Waals surface area (Å²) in [5.41, 5.74) is 0. The van der Waals surface area contributed by atoms with E-state index in [4.69, 9.17) is 9.47 Å². The molecule has 3 heteroatoms. The van der Waals surface area contributed by atoms with Gasteiger partial charge in [0.25, 0.3) is 0 Å². The molecule has 4 unspecified atom stereocenters. The Kier molecular flexibility index (Phi) is 4.35. The Morgan fingerprint density at radius 2 is 1.86 bits per heavy atom. The van der Waals surface area contributed by atoms with E-state index < -0.39 is 0 Å². The van der Waals surface area contributed by atoms with Gasteiger partial charge in [0.2, 0.25) is 0 Å². The van der Waals surface area contributed by atoms with Gasteiger partial charge in [0, 0.05) is 6.42 Å². The first-order chi connectivity index (χ1) is 6.68. The molecule has 2 heterocycles. The van der Waals surface area contributed by atoms with E-state index in [-0.39, 0.29) is 0 Å². The molecule has 0 N–H and O–H groups in total. The summed E-state index contributed by atoms with van der Waals surface area (Å²) in [6.07, 6.45) is 2.10. The van der Waals surface area contributed by atoms with E-state index >= 15 is 0 Å². The zero-order chi connectivity index (χ0) is 10.7. The van der Waals surface area contributed by atoms with Gasteiger partial charge in [-0.1, -0.05) is 13.8 Å². The Balaban J connectivity index is 0.000000461. The van der Waals surface area contributed by atoms with Crippen LogP contribution >= 0.6 is 0 Å². The van der Waals surface area contributed by atoms with Crippen LogP contribution in [0.15, 0.2) is 0 Å². The molecule has 2 saturated heterocycles. The summed E-state index contributed by atoms with van der Waals surface area (Å²) in [4.78, 5) is 2.24. The van der Waals surface area contributed by atoms with Crippen LogP contribution in [-0.2, 0) is 9.47 Å². The molecule has 0 amide bonds. The van der Waals surface area contributed by atoms with E-state index in [1.54, 1.807) is 0 Å². The van der Waals surface area contributed by atoms with Gasteiger partial charge in [-0.3, -0.25) is 4.90 Å². The van der Waals surface area contributed by atoms with Gasteiger partial charge in [-0.2, -0.15) is 0 Å². The zero-order valence-corrected chi connectivity index (χ0v) is 9.99. The van der Waals surface area contributed by atoms with Crippen molar-refractivity contribution in [3.63, 3.8) is 0 Å². The van der Waals surface area contributed by atoms with Crippen molar-refractivity contribution in [2.75, 3.05) is 13.8 Å². The second-order valence-electron chi connectivity index (χ2n) is 3.97. The largest absolute Gasteiger partial charge is 0.374 e. The SMILES string of the molecule is CC.CC1CC2OCN(C)C2C(C)O1. The lowest BCUT2D eigenvalue weighted by molar-refractivity contribution is -0.0922. The Morgan fingerprint density at radius 1 is 1.21 bits per heavy atom. The molecule has 4 atom stereocenters. The third kappa shape index (κ3) is 2.27. The summed E-state index contributed by atoms with van der Waals surface area (Å²) in [7, 11) is 2.10. The van der Waals surface area contributed by atoms with Gasteiger partial charge in [0.1, 0.15) is 0 Å². The monoisotopic (exact) mass is 201 g/mol. The van der Waals surface area contributed by atoms with E-state index in [0.717, 1.165) is 13.2 Å². The highest BCUT2D eigenvalue weighted by atomic mass is 16.5. The number of hydrogen-bond donors (Lipinski definition) is 0. The van der Waals surface area contributed by atoms with Crippen LogP contribution in [0.3, 0.4) is 0 Å². The lowest BCUT2D eigenvalue weighted by atomic mass is 9.97. The van der Waals surface area contributed by atoms with Crippen LogP contribution in [0.5, 0.6) is 0 Å². The predicted octanol–water partition coefficient (Wildman–Crippen LogP) is 1.87. The van der Waals surface area contributed by atoms with Crippen LogP contribution in [-0.4, -0.2) is 43.0 Å². The Morgan fingerprint density at radius 3 is 2.50 bits per heavy atom. The lowest BCUT2D eigenvalue weighted by Crippen LogP contribution is -2.49. The molecule has 84 valence electrons. The summed E-state index contributed by atoms with van der Waals surface area (Å²) >= 11 is 0. The highest BCUT2D eigenvalue weighted by Gasteiger charge is 2.42. The van der Waals surface area contributed by atoms with Crippen LogP contribution < -0.4 is 0 Å². The minimum Gasteiger partial charge on any atom is -0.374 e. The summed E-state index contributed by atoms with van der Waals surface area (Å²) in [6, 6.07) is 0.473. The van der Waals surface area contributed by atoms with Crippen molar-refractivity contribution < 1.29 is 9.47 Å². The molecule has 0 aromatic rings. The van der Waals surface area contributed by atoms with Crippen LogP contribution in [0.4, 0.5) is 0 Å². The van der Waals surface area contributed by atoms with Crippen molar-refractivity contribution in [1.82, 2.24) is 4.90 Å². The molecule has 3 nitrogen and oxygen atoms in total. The smallest absolute Gasteiger partial charge is 0.0996 e. The van der Waals surface area contributed by atoms with Crippen LogP contribution in [0.1, 0.15) is 34.1 Å². The molecule has 2 fully saturated rings. The second kappa shape index (κ2) is 5.10. The minimum atomic E-state index is 0.311. The maximum absolute atomic E-state index is 5.75. The normalized spacial score (nSPS) is 42.6. The van der Waals surface area contributed by atoms with Gasteiger partial charge in [-0.05, 0) is 20.9 Å². The number of fused-ring (bicyclic) bond motifs is 1. The quantitative estimate of drug-likeness (QED) is 0.597. The Labute approximate surface area is 87.4 Å². The molecule has 0 saturated carbocycles. The van der Waals surface area contributed by atoms with Crippen molar-refractivity contribution in [2.45, 2.75) is 58.5 Å². The summed E-state index contributed by atoms with van der Waals surface area (Å²) in [5.74, 6) is 0. The van der Waals surface area contributed by atoms with E-state index in [2.05, 4.69) is 25.8 Å². The van der Waals surface area contributed by atoms with Crippen molar-refractivity contribution >= 4 is 0 Å². The van der Waals surface area contributed by atoms with Crippen LogP contribution in [0.25, 0.3) is 0 Å². The molecule has 0 radical (unpaired) electrons. The summed E-state index contributed by atoms with van der Waals surface area (Å²) in [5, 5.41) is 0. The molecule has 14 heavy (non-hydrogen) atoms. The van der Waals surface area contributed by atoms with Gasteiger partial charge >= 0.3 is 0 Å². The Hall–Kier alpha value is -0.120. The molecule has 0 bridgehead atoms. The third-order valence-electron chi connectivity index (χ3n) is 2.87. The maximum atomic E-state index is 5.75. The van der Waals surface area contributed by atoms with E-state index in [0.29, 0.717) is 24.4 Å². The van der Waals surface area contributed by atoms with Gasteiger partial charge in [0.05, 0.1) is 31.1 Å². The van der Waals surface area contributed by atoms with Gasteiger partial charge in [-0.25, -0.2) is 0 Å². The third-order valence-corrected chi connectivity index (χ3v) is 2.87. The highest BCUT2D eigenvalue weighted by molar-refractivity contribution is 4.92. The number of nitrogens with zero attached hydrogens (tertiary/aromatic N) is 1. The van der Waals surface area contributed by atoms with Crippen LogP contribution in [0, 0.1) is 0 Å². The zero-order valence-electron chi connectivity index (χ0n) is 9.99. The minimum absolute atomic E-state index is 0.311. The average molecular weight is 201 g/mol. The van der Waals surface area contributed by atoms with Crippen molar-refractivity contribution in [3.05, 3.63) is 0 Å². The number of ether oxygens (including phenoxy) is 2. The summed E-state index contributed by atoms with van der Waals surface area (Å²) in [6.45, 7) is 9.02. The fourth-order valence-corrected chi connectivity index (χ4v) is 2.38. The van der Waals surface area contributed by atoms with Crippen LogP contribution in [0.2, 0.25) is 0 Å². The first kappa shape index (κ1) is 12.0. The fourth-order valence-electron chi connectivity index (χ4n) is 2.38. The molecule has 2 aliphatic rings. The first-order valence-electron chi connectivity index (χ1n) is 5.66. The van der Waals surface area contributed by atoms with E-state index in [1.807, 2.05) is 13.8 Å². The van der Waals surface area contributed by atoms with Crippen molar-refractivity contribution in [3.8, 4) is 0 Å². The van der Waals surface area contributed by atoms with Gasteiger partial charge in [-0.15, -0.1) is 0 Å². The second-order valence-corrected chi connectivity index (χ2v) is 3.97. The lowest BCUT2D eigenvalue weighted by Gasteiger charge is -2.36. The first-order valence-corrected chi connectivity index (χ1v) is 5.66. The van der Waals surface area contributed by atoms with E-state index in [1.165, 1.54) is 0 Å². The predicted molar refractivity (Wildman–Crippen MR) is 57.3 cm³/mol. The molecular formula is C11H23NO2. The molecule has 2 aliphatic heterocycles. The van der Waals surface area contributed by atoms with Crippen molar-refractivity contribution in [1.29, 1.82) is 0 Å². The molecule has 2 rings (SSSR count). The molecule has 0 spiro atoms. The molecular weight excluding hydrogens is 178 g/mol. The molecule has 0 aromatic carbocycles. The number of hydrogen-bond acceptors (Lipinski definition) is 3. The topological polar surface area (TPSA) is 21.7 Å². The molecule has 0 aliphatic carbocycles. The number of likely N-dealkylation sites (N-methyl/N-ethyl adjacent to an activating group) is 1. The molecule has 0 aromatic heterocycles. The Bertz CT molecular complexity index is 175.